The van der Waals surface area contributed by atoms with Crippen LogP contribution in [0.15, 0.2) is 47.6 Å². The van der Waals surface area contributed by atoms with E-state index in [9.17, 15) is 4.79 Å². The van der Waals surface area contributed by atoms with Gasteiger partial charge in [-0.3, -0.25) is 0 Å². The Labute approximate surface area is 148 Å². The van der Waals surface area contributed by atoms with Crippen molar-refractivity contribution >= 4 is 23.6 Å². The highest BCUT2D eigenvalue weighted by molar-refractivity contribution is 5.90. The highest BCUT2D eigenvalue weighted by atomic mass is 16.2. The summed E-state index contributed by atoms with van der Waals surface area (Å²) in [4.78, 5) is 14.3. The fourth-order valence-electron chi connectivity index (χ4n) is 2.89. The molecular formula is C20H24N4O. The van der Waals surface area contributed by atoms with Gasteiger partial charge in [0.25, 0.3) is 0 Å². The van der Waals surface area contributed by atoms with Crippen LogP contribution in [0.2, 0.25) is 0 Å². The van der Waals surface area contributed by atoms with Crippen molar-refractivity contribution < 1.29 is 4.79 Å². The van der Waals surface area contributed by atoms with Gasteiger partial charge >= 0.3 is 6.03 Å². The van der Waals surface area contributed by atoms with Crippen LogP contribution in [-0.2, 0) is 0 Å². The number of anilines is 2. The molecular weight excluding hydrogens is 312 g/mol. The third-order valence-electron chi connectivity index (χ3n) is 4.51. The summed E-state index contributed by atoms with van der Waals surface area (Å²) >= 11 is 0. The van der Waals surface area contributed by atoms with Crippen molar-refractivity contribution in [3.05, 3.63) is 59.2 Å². The molecule has 1 fully saturated rings. The first-order valence-electron chi connectivity index (χ1n) is 8.64. The lowest BCUT2D eigenvalue weighted by Crippen LogP contribution is -2.24. The first-order chi connectivity index (χ1) is 12.1. The number of hydrazone groups is 1. The number of rotatable bonds is 4. The van der Waals surface area contributed by atoms with Crippen LogP contribution in [0.4, 0.5) is 16.2 Å². The van der Waals surface area contributed by atoms with Crippen molar-refractivity contribution in [3.8, 4) is 0 Å². The summed E-state index contributed by atoms with van der Waals surface area (Å²) in [6.45, 7) is 6.32. The molecule has 2 amide bonds. The van der Waals surface area contributed by atoms with E-state index < -0.39 is 0 Å². The summed E-state index contributed by atoms with van der Waals surface area (Å²) in [5, 5.41) is 6.78. The molecule has 0 aromatic heterocycles. The van der Waals surface area contributed by atoms with E-state index in [4.69, 9.17) is 0 Å². The van der Waals surface area contributed by atoms with Crippen LogP contribution in [0.1, 0.15) is 29.5 Å². The van der Waals surface area contributed by atoms with Gasteiger partial charge in [-0.15, -0.1) is 0 Å². The van der Waals surface area contributed by atoms with Crippen molar-refractivity contribution in [2.24, 2.45) is 5.10 Å². The van der Waals surface area contributed by atoms with Crippen LogP contribution in [0.3, 0.4) is 0 Å². The van der Waals surface area contributed by atoms with Crippen LogP contribution in [0.5, 0.6) is 0 Å². The number of amides is 2. The van der Waals surface area contributed by atoms with E-state index in [1.54, 1.807) is 6.21 Å². The van der Waals surface area contributed by atoms with Gasteiger partial charge in [-0.05, 0) is 67.6 Å². The monoisotopic (exact) mass is 336 g/mol. The van der Waals surface area contributed by atoms with Gasteiger partial charge in [-0.2, -0.15) is 5.10 Å². The fourth-order valence-corrected chi connectivity index (χ4v) is 2.89. The van der Waals surface area contributed by atoms with Crippen molar-refractivity contribution in [1.82, 2.24) is 5.43 Å². The number of hydrogen-bond acceptors (Lipinski definition) is 3. The minimum Gasteiger partial charge on any atom is -0.372 e. The smallest absolute Gasteiger partial charge is 0.339 e. The summed E-state index contributed by atoms with van der Waals surface area (Å²) in [6.07, 6.45) is 4.18. The van der Waals surface area contributed by atoms with Gasteiger partial charge in [-0.1, -0.05) is 18.2 Å². The second-order valence-corrected chi connectivity index (χ2v) is 6.41. The third kappa shape index (κ3) is 4.59. The van der Waals surface area contributed by atoms with Crippen LogP contribution in [0.25, 0.3) is 0 Å². The lowest BCUT2D eigenvalue weighted by atomic mass is 10.1. The predicted octanol–water partition coefficient (Wildman–Crippen LogP) is 4.06. The molecule has 0 saturated carbocycles. The molecule has 2 aromatic rings. The minimum absolute atomic E-state index is 0.354. The SMILES string of the molecule is Cc1ccc(NC(=O)N/N=C/c2ccc(N3CCCC3)cc2)cc1C. The Morgan fingerprint density at radius 1 is 1.04 bits per heavy atom. The molecule has 5 heteroatoms. The molecule has 0 atom stereocenters. The predicted molar refractivity (Wildman–Crippen MR) is 104 cm³/mol. The first kappa shape index (κ1) is 17.0. The van der Waals surface area contributed by atoms with Crippen LogP contribution >= 0.6 is 0 Å². The molecule has 25 heavy (non-hydrogen) atoms. The van der Waals surface area contributed by atoms with E-state index in [-0.39, 0.29) is 6.03 Å². The zero-order valence-electron chi connectivity index (χ0n) is 14.7. The third-order valence-corrected chi connectivity index (χ3v) is 4.51. The first-order valence-corrected chi connectivity index (χ1v) is 8.64. The zero-order valence-corrected chi connectivity index (χ0v) is 14.7. The van der Waals surface area contributed by atoms with Gasteiger partial charge in [0.2, 0.25) is 0 Å². The molecule has 0 spiro atoms. The Morgan fingerprint density at radius 3 is 2.44 bits per heavy atom. The van der Waals surface area contributed by atoms with E-state index in [2.05, 4.69) is 32.9 Å². The Bertz CT molecular complexity index is 762. The van der Waals surface area contributed by atoms with Gasteiger partial charge in [0, 0.05) is 24.5 Å². The number of urea groups is 1. The average Bonchev–Trinajstić information content (AvgIpc) is 3.13. The van der Waals surface area contributed by atoms with Crippen molar-refractivity contribution in [3.63, 3.8) is 0 Å². The summed E-state index contributed by atoms with van der Waals surface area (Å²) in [5.74, 6) is 0. The van der Waals surface area contributed by atoms with Crippen LogP contribution < -0.4 is 15.6 Å². The Kier molecular flexibility index (Phi) is 5.33. The molecule has 5 nitrogen and oxygen atoms in total. The summed E-state index contributed by atoms with van der Waals surface area (Å²) in [6, 6.07) is 13.7. The summed E-state index contributed by atoms with van der Waals surface area (Å²) < 4.78 is 0. The Hall–Kier alpha value is -2.82. The maximum absolute atomic E-state index is 11.9. The maximum atomic E-state index is 11.9. The van der Waals surface area contributed by atoms with E-state index in [0.29, 0.717) is 0 Å². The lowest BCUT2D eigenvalue weighted by Gasteiger charge is -2.17. The fraction of sp³-hybridized carbons (Fsp3) is 0.300. The number of carbonyl (C=O) groups excluding carboxylic acids is 1. The van der Waals surface area contributed by atoms with E-state index >= 15 is 0 Å². The standard InChI is InChI=1S/C20H24N4O/c1-15-5-8-18(13-16(15)2)22-20(25)23-21-14-17-6-9-19(10-7-17)24-11-3-4-12-24/h5-10,13-14H,3-4,11-12H2,1-2H3,(H2,22,23,25)/b21-14+. The largest absolute Gasteiger partial charge is 0.372 e. The van der Waals surface area contributed by atoms with E-state index in [0.717, 1.165) is 29.9 Å². The summed E-state index contributed by atoms with van der Waals surface area (Å²) in [7, 11) is 0. The van der Waals surface area contributed by atoms with Gasteiger partial charge in [0.1, 0.15) is 0 Å². The number of nitrogens with zero attached hydrogens (tertiary/aromatic N) is 2. The quantitative estimate of drug-likeness (QED) is 0.653. The molecule has 0 aliphatic carbocycles. The second-order valence-electron chi connectivity index (χ2n) is 6.41. The molecule has 2 N–H and O–H groups in total. The molecule has 1 aliphatic rings. The zero-order chi connectivity index (χ0) is 17.6. The molecule has 2 aromatic carbocycles. The molecule has 0 radical (unpaired) electrons. The van der Waals surface area contributed by atoms with Crippen LogP contribution in [0, 0.1) is 13.8 Å². The number of aryl methyl sites for hydroxylation is 2. The number of benzene rings is 2. The highest BCUT2D eigenvalue weighted by Crippen LogP contribution is 2.20. The average molecular weight is 336 g/mol. The molecule has 0 bridgehead atoms. The topological polar surface area (TPSA) is 56.7 Å². The highest BCUT2D eigenvalue weighted by Gasteiger charge is 2.11. The molecule has 1 saturated heterocycles. The van der Waals surface area contributed by atoms with Crippen molar-refractivity contribution in [2.45, 2.75) is 26.7 Å². The summed E-state index contributed by atoms with van der Waals surface area (Å²) in [5.41, 5.74) is 7.78. The van der Waals surface area contributed by atoms with Gasteiger partial charge in [0.05, 0.1) is 6.21 Å². The Balaban J connectivity index is 1.51. The molecule has 1 heterocycles. The van der Waals surface area contributed by atoms with Gasteiger partial charge in [0.15, 0.2) is 0 Å². The minimum atomic E-state index is -0.354. The number of hydrogen-bond donors (Lipinski definition) is 2. The molecule has 1 aliphatic heterocycles. The van der Waals surface area contributed by atoms with Crippen LogP contribution in [-0.4, -0.2) is 25.3 Å². The maximum Gasteiger partial charge on any atom is 0.339 e. The van der Waals surface area contributed by atoms with E-state index in [1.165, 1.54) is 24.1 Å². The Morgan fingerprint density at radius 2 is 1.76 bits per heavy atom. The number of nitrogens with one attached hydrogen (secondary N) is 2. The van der Waals surface area contributed by atoms with E-state index in [1.807, 2.05) is 44.2 Å². The number of carbonyl (C=O) groups is 1. The molecule has 0 unspecified atom stereocenters. The molecule has 130 valence electrons. The van der Waals surface area contributed by atoms with Gasteiger partial charge in [-0.25, -0.2) is 10.2 Å². The second kappa shape index (κ2) is 7.83. The van der Waals surface area contributed by atoms with Gasteiger partial charge < -0.3 is 10.2 Å². The normalized spacial score (nSPS) is 14.1. The molecule has 3 rings (SSSR count). The van der Waals surface area contributed by atoms with Crippen molar-refractivity contribution in [2.75, 3.05) is 23.3 Å². The lowest BCUT2D eigenvalue weighted by molar-refractivity contribution is 0.252. The van der Waals surface area contributed by atoms with Crippen molar-refractivity contribution in [1.29, 1.82) is 0 Å².